The van der Waals surface area contributed by atoms with Gasteiger partial charge in [-0.25, -0.2) is 9.97 Å². The first kappa shape index (κ1) is 8.87. The molecule has 1 aliphatic rings. The highest BCUT2D eigenvalue weighted by atomic mass is 16.5. The normalized spacial score (nSPS) is 20.6. The minimum absolute atomic E-state index is 0.0671. The van der Waals surface area contributed by atoms with Crippen LogP contribution in [0.2, 0.25) is 0 Å². The molecule has 14 heavy (non-hydrogen) atoms. The van der Waals surface area contributed by atoms with Crippen molar-refractivity contribution in [1.29, 1.82) is 0 Å². The van der Waals surface area contributed by atoms with E-state index >= 15 is 0 Å². The van der Waals surface area contributed by atoms with Gasteiger partial charge in [-0.15, -0.1) is 0 Å². The molecule has 2 rings (SSSR count). The van der Waals surface area contributed by atoms with Gasteiger partial charge in [0.15, 0.2) is 5.78 Å². The highest BCUT2D eigenvalue weighted by Gasteiger charge is 2.19. The minimum Gasteiger partial charge on any atom is -0.491 e. The Bertz CT molecular complexity index is 387. The summed E-state index contributed by atoms with van der Waals surface area (Å²) in [5, 5.41) is 0. The molecule has 4 heteroatoms. The van der Waals surface area contributed by atoms with Crippen LogP contribution < -0.4 is 0 Å². The van der Waals surface area contributed by atoms with Gasteiger partial charge in [0.2, 0.25) is 0 Å². The Labute approximate surface area is 81.6 Å². The Morgan fingerprint density at radius 1 is 1.57 bits per heavy atom. The van der Waals surface area contributed by atoms with E-state index in [1.807, 2.05) is 6.92 Å². The van der Waals surface area contributed by atoms with Crippen LogP contribution in [0, 0.1) is 6.92 Å². The molecule has 4 nitrogen and oxygen atoms in total. The molecule has 72 valence electrons. The number of aryl methyl sites for hydroxylation is 1. The Kier molecular flexibility index (Phi) is 2.26. The van der Waals surface area contributed by atoms with E-state index < -0.39 is 0 Å². The van der Waals surface area contributed by atoms with Crippen molar-refractivity contribution in [2.24, 2.45) is 0 Å². The smallest absolute Gasteiger partial charge is 0.162 e. The van der Waals surface area contributed by atoms with Crippen LogP contribution in [0.3, 0.4) is 0 Å². The average molecular weight is 190 g/mol. The van der Waals surface area contributed by atoms with Crippen molar-refractivity contribution in [2.45, 2.75) is 19.4 Å². The lowest BCUT2D eigenvalue weighted by molar-refractivity contribution is -0.118. The third-order valence-electron chi connectivity index (χ3n) is 2.01. The number of ketones is 1. The standard InChI is InChI=1S/C10H10N2O2/c1-7-11-4-2-9(12-7)10-6-8(13)3-5-14-10/h2-5,10H,6H2,1H3. The van der Waals surface area contributed by atoms with Crippen LogP contribution in [0.1, 0.15) is 24.0 Å². The van der Waals surface area contributed by atoms with E-state index in [4.69, 9.17) is 4.74 Å². The van der Waals surface area contributed by atoms with Crippen molar-refractivity contribution < 1.29 is 9.53 Å². The number of rotatable bonds is 1. The zero-order valence-electron chi connectivity index (χ0n) is 7.80. The topological polar surface area (TPSA) is 52.1 Å². The molecule has 0 radical (unpaired) electrons. The number of carbonyl (C=O) groups is 1. The van der Waals surface area contributed by atoms with Gasteiger partial charge in [-0.1, -0.05) is 0 Å². The van der Waals surface area contributed by atoms with Gasteiger partial charge in [0, 0.05) is 12.3 Å². The molecule has 1 aliphatic heterocycles. The number of ether oxygens (including phenoxy) is 1. The Balaban J connectivity index is 2.23. The Morgan fingerprint density at radius 2 is 2.43 bits per heavy atom. The van der Waals surface area contributed by atoms with Crippen LogP contribution >= 0.6 is 0 Å². The largest absolute Gasteiger partial charge is 0.491 e. The van der Waals surface area contributed by atoms with Gasteiger partial charge >= 0.3 is 0 Å². The third-order valence-corrected chi connectivity index (χ3v) is 2.01. The van der Waals surface area contributed by atoms with E-state index in [2.05, 4.69) is 9.97 Å². The molecule has 0 saturated heterocycles. The van der Waals surface area contributed by atoms with Gasteiger partial charge < -0.3 is 4.74 Å². The van der Waals surface area contributed by atoms with E-state index in [0.29, 0.717) is 12.2 Å². The summed E-state index contributed by atoms with van der Waals surface area (Å²) < 4.78 is 5.30. The van der Waals surface area contributed by atoms with Gasteiger partial charge in [-0.3, -0.25) is 4.79 Å². The van der Waals surface area contributed by atoms with Crippen LogP contribution in [-0.4, -0.2) is 15.8 Å². The molecular weight excluding hydrogens is 180 g/mol. The second-order valence-electron chi connectivity index (χ2n) is 3.13. The van der Waals surface area contributed by atoms with Gasteiger partial charge in [0.1, 0.15) is 11.9 Å². The van der Waals surface area contributed by atoms with Crippen molar-refractivity contribution in [3.63, 3.8) is 0 Å². The zero-order chi connectivity index (χ0) is 9.97. The lowest BCUT2D eigenvalue weighted by Crippen LogP contribution is -2.13. The minimum atomic E-state index is -0.255. The summed E-state index contributed by atoms with van der Waals surface area (Å²) in [4.78, 5) is 19.3. The van der Waals surface area contributed by atoms with Crippen LogP contribution in [0.4, 0.5) is 0 Å². The molecule has 1 aromatic rings. The lowest BCUT2D eigenvalue weighted by atomic mass is 10.1. The maximum absolute atomic E-state index is 11.1. The first-order valence-corrected chi connectivity index (χ1v) is 4.40. The Hall–Kier alpha value is -1.71. The molecule has 1 atom stereocenters. The van der Waals surface area contributed by atoms with Gasteiger partial charge in [0.25, 0.3) is 0 Å². The molecule has 0 aliphatic carbocycles. The molecule has 0 fully saturated rings. The second-order valence-corrected chi connectivity index (χ2v) is 3.13. The van der Waals surface area contributed by atoms with Crippen LogP contribution in [-0.2, 0) is 9.53 Å². The SMILES string of the molecule is Cc1nccc(C2CC(=O)C=CO2)n1. The van der Waals surface area contributed by atoms with Crippen LogP contribution in [0.15, 0.2) is 24.6 Å². The van der Waals surface area contributed by atoms with Crippen molar-refractivity contribution in [2.75, 3.05) is 0 Å². The summed E-state index contributed by atoms with van der Waals surface area (Å²) >= 11 is 0. The number of hydrogen-bond donors (Lipinski definition) is 0. The number of aromatic nitrogens is 2. The maximum Gasteiger partial charge on any atom is 0.162 e. The highest BCUT2D eigenvalue weighted by Crippen LogP contribution is 2.22. The summed E-state index contributed by atoms with van der Waals surface area (Å²) in [6, 6.07) is 1.77. The molecule has 0 aromatic carbocycles. The molecule has 0 saturated carbocycles. The summed E-state index contributed by atoms with van der Waals surface area (Å²) in [6.45, 7) is 1.81. The summed E-state index contributed by atoms with van der Waals surface area (Å²) in [6.07, 6.45) is 4.63. The first-order valence-electron chi connectivity index (χ1n) is 4.40. The monoisotopic (exact) mass is 190 g/mol. The first-order chi connectivity index (χ1) is 6.75. The van der Waals surface area contributed by atoms with Crippen molar-refractivity contribution in [3.05, 3.63) is 36.1 Å². The van der Waals surface area contributed by atoms with E-state index in [1.54, 1.807) is 12.3 Å². The number of carbonyl (C=O) groups excluding carboxylic acids is 1. The van der Waals surface area contributed by atoms with Gasteiger partial charge in [0.05, 0.1) is 18.4 Å². The quantitative estimate of drug-likeness (QED) is 0.670. The van der Waals surface area contributed by atoms with E-state index in [9.17, 15) is 4.79 Å². The summed E-state index contributed by atoms with van der Waals surface area (Å²) in [7, 11) is 0. The fraction of sp³-hybridized carbons (Fsp3) is 0.300. The van der Waals surface area contributed by atoms with Gasteiger partial charge in [-0.2, -0.15) is 0 Å². The second kappa shape index (κ2) is 3.57. The molecule has 1 aromatic heterocycles. The molecular formula is C10H10N2O2. The fourth-order valence-electron chi connectivity index (χ4n) is 1.34. The predicted molar refractivity (Wildman–Crippen MR) is 49.4 cm³/mol. The van der Waals surface area contributed by atoms with Crippen LogP contribution in [0.5, 0.6) is 0 Å². The highest BCUT2D eigenvalue weighted by molar-refractivity contribution is 5.90. The molecule has 0 amide bonds. The summed E-state index contributed by atoms with van der Waals surface area (Å²) in [5.41, 5.74) is 0.759. The zero-order valence-corrected chi connectivity index (χ0v) is 7.80. The van der Waals surface area contributed by atoms with Crippen molar-refractivity contribution >= 4 is 5.78 Å². The molecule has 0 bridgehead atoms. The van der Waals surface area contributed by atoms with Gasteiger partial charge in [-0.05, 0) is 13.0 Å². The van der Waals surface area contributed by atoms with Crippen LogP contribution in [0.25, 0.3) is 0 Å². The molecule has 2 heterocycles. The lowest BCUT2D eigenvalue weighted by Gasteiger charge is -2.17. The molecule has 0 N–H and O–H groups in total. The van der Waals surface area contributed by atoms with E-state index in [-0.39, 0.29) is 11.9 Å². The Morgan fingerprint density at radius 3 is 3.14 bits per heavy atom. The fourth-order valence-corrected chi connectivity index (χ4v) is 1.34. The molecule has 0 spiro atoms. The number of nitrogens with zero attached hydrogens (tertiary/aromatic N) is 2. The predicted octanol–water partition coefficient (Wildman–Crippen LogP) is 1.33. The van der Waals surface area contributed by atoms with Crippen molar-refractivity contribution in [3.8, 4) is 0 Å². The van der Waals surface area contributed by atoms with E-state index in [1.165, 1.54) is 12.3 Å². The van der Waals surface area contributed by atoms with Crippen molar-refractivity contribution in [1.82, 2.24) is 9.97 Å². The summed E-state index contributed by atoms with van der Waals surface area (Å²) in [5.74, 6) is 0.755. The third kappa shape index (κ3) is 1.79. The number of allylic oxidation sites excluding steroid dienone is 1. The van der Waals surface area contributed by atoms with E-state index in [0.717, 1.165) is 5.69 Å². The average Bonchev–Trinajstić information content (AvgIpc) is 2.18. The maximum atomic E-state index is 11.1. The number of hydrogen-bond acceptors (Lipinski definition) is 4. The molecule has 1 unspecified atom stereocenters.